The largest absolute Gasteiger partial charge is 0.319 e. The fourth-order valence-electron chi connectivity index (χ4n) is 2.32. The van der Waals surface area contributed by atoms with Gasteiger partial charge < -0.3 is 4.57 Å². The molecular weight excluding hydrogens is 363 g/mol. The molecule has 20 heavy (non-hydrogen) atoms. The second kappa shape index (κ2) is 5.47. The Kier molecular flexibility index (Phi) is 3.84. The minimum atomic E-state index is -0.313. The Morgan fingerprint density at radius 2 is 2.30 bits per heavy atom. The van der Waals surface area contributed by atoms with Gasteiger partial charge in [0.05, 0.1) is 27.4 Å². The van der Waals surface area contributed by atoms with Crippen molar-refractivity contribution in [2.24, 2.45) is 0 Å². The van der Waals surface area contributed by atoms with Gasteiger partial charge in [-0.15, -0.1) is 22.9 Å². The van der Waals surface area contributed by atoms with Crippen LogP contribution in [0.25, 0.3) is 11.0 Å². The Morgan fingerprint density at radius 1 is 1.50 bits per heavy atom. The maximum Gasteiger partial charge on any atom is 0.139 e. The maximum atomic E-state index is 13.6. The zero-order valence-electron chi connectivity index (χ0n) is 10.6. The molecule has 0 aliphatic heterocycles. The summed E-state index contributed by atoms with van der Waals surface area (Å²) < 4.78 is 16.1. The van der Waals surface area contributed by atoms with Gasteiger partial charge in [0, 0.05) is 10.9 Å². The first-order valence-electron chi connectivity index (χ1n) is 6.07. The van der Waals surface area contributed by atoms with E-state index in [0.717, 1.165) is 11.3 Å². The number of alkyl halides is 1. The Morgan fingerprint density at radius 3 is 2.95 bits per heavy atom. The summed E-state index contributed by atoms with van der Waals surface area (Å²) in [4.78, 5) is 5.66. The van der Waals surface area contributed by atoms with Gasteiger partial charge >= 0.3 is 0 Å². The van der Waals surface area contributed by atoms with Gasteiger partial charge in [-0.2, -0.15) is 0 Å². The van der Waals surface area contributed by atoms with Gasteiger partial charge in [-0.25, -0.2) is 9.37 Å². The van der Waals surface area contributed by atoms with Crippen LogP contribution >= 0.6 is 38.9 Å². The van der Waals surface area contributed by atoms with Crippen molar-refractivity contribution in [2.75, 3.05) is 0 Å². The molecular formula is C14H11BrClFN2S. The Hall–Kier alpha value is -0.910. The second-order valence-electron chi connectivity index (χ2n) is 4.48. The van der Waals surface area contributed by atoms with E-state index in [1.165, 1.54) is 10.9 Å². The molecule has 0 fully saturated rings. The average Bonchev–Trinajstić information content (AvgIpc) is 3.06. The summed E-state index contributed by atoms with van der Waals surface area (Å²) >= 11 is 10.9. The highest BCUT2D eigenvalue weighted by Crippen LogP contribution is 2.31. The molecule has 2 aromatic heterocycles. The standard InChI is InChI=1S/C14H11BrClFN2S/c1-8(13-3-2-4-20-13)19-12-5-9(15)10(17)6-11(12)18-14(19)7-16/h2-6,8H,7H2,1H3. The molecule has 6 heteroatoms. The van der Waals surface area contributed by atoms with Crippen LogP contribution in [0.5, 0.6) is 0 Å². The fraction of sp³-hybridized carbons (Fsp3) is 0.214. The zero-order valence-corrected chi connectivity index (χ0v) is 13.8. The molecule has 0 bridgehead atoms. The van der Waals surface area contributed by atoms with Gasteiger partial charge in [0.2, 0.25) is 0 Å². The number of imidazole rings is 1. The fourth-order valence-corrected chi connectivity index (χ4v) is 3.62. The van der Waals surface area contributed by atoms with Gasteiger partial charge in [-0.1, -0.05) is 6.07 Å². The number of benzene rings is 1. The van der Waals surface area contributed by atoms with E-state index in [4.69, 9.17) is 11.6 Å². The minimum Gasteiger partial charge on any atom is -0.319 e. The lowest BCUT2D eigenvalue weighted by atomic mass is 10.2. The third-order valence-electron chi connectivity index (χ3n) is 3.27. The van der Waals surface area contributed by atoms with Crippen LogP contribution in [0.2, 0.25) is 0 Å². The first kappa shape index (κ1) is 14.0. The van der Waals surface area contributed by atoms with Crippen molar-refractivity contribution in [3.05, 3.63) is 50.6 Å². The van der Waals surface area contributed by atoms with E-state index in [9.17, 15) is 4.39 Å². The van der Waals surface area contributed by atoms with Crippen molar-refractivity contribution in [3.63, 3.8) is 0 Å². The quantitative estimate of drug-likeness (QED) is 0.566. The number of hydrogen-bond acceptors (Lipinski definition) is 2. The van der Waals surface area contributed by atoms with Gasteiger partial charge in [0.25, 0.3) is 0 Å². The molecule has 1 atom stereocenters. The summed E-state index contributed by atoms with van der Waals surface area (Å²) in [6.07, 6.45) is 0. The number of halogens is 3. The summed E-state index contributed by atoms with van der Waals surface area (Å²) in [6, 6.07) is 7.42. The van der Waals surface area contributed by atoms with Crippen molar-refractivity contribution in [3.8, 4) is 0 Å². The molecule has 3 aromatic rings. The van der Waals surface area contributed by atoms with E-state index in [-0.39, 0.29) is 11.9 Å². The van der Waals surface area contributed by atoms with Crippen LogP contribution in [0.1, 0.15) is 23.7 Å². The predicted octanol–water partition coefficient (Wildman–Crippen LogP) is 5.35. The Labute approximate surface area is 133 Å². The molecule has 0 spiro atoms. The van der Waals surface area contributed by atoms with Crippen LogP contribution in [0.3, 0.4) is 0 Å². The van der Waals surface area contributed by atoms with Gasteiger partial charge in [0.1, 0.15) is 11.6 Å². The van der Waals surface area contributed by atoms with Gasteiger partial charge in [-0.05, 0) is 40.4 Å². The molecule has 0 aliphatic rings. The van der Waals surface area contributed by atoms with E-state index in [1.54, 1.807) is 17.4 Å². The molecule has 1 unspecified atom stereocenters. The summed E-state index contributed by atoms with van der Waals surface area (Å²) in [6.45, 7) is 2.10. The number of fused-ring (bicyclic) bond motifs is 1. The van der Waals surface area contributed by atoms with Crippen LogP contribution in [0, 0.1) is 5.82 Å². The van der Waals surface area contributed by atoms with E-state index < -0.39 is 0 Å². The second-order valence-corrected chi connectivity index (χ2v) is 6.58. The minimum absolute atomic E-state index is 0.117. The number of nitrogens with zero attached hydrogens (tertiary/aromatic N) is 2. The lowest BCUT2D eigenvalue weighted by Crippen LogP contribution is -2.08. The van der Waals surface area contributed by atoms with Gasteiger partial charge in [-0.3, -0.25) is 0 Å². The van der Waals surface area contributed by atoms with Crippen molar-refractivity contribution < 1.29 is 4.39 Å². The first-order chi connectivity index (χ1) is 9.61. The van der Waals surface area contributed by atoms with Crippen molar-refractivity contribution in [1.82, 2.24) is 9.55 Å². The third kappa shape index (κ3) is 2.28. The molecule has 0 aliphatic carbocycles. The zero-order chi connectivity index (χ0) is 14.3. The van der Waals surface area contributed by atoms with E-state index >= 15 is 0 Å². The molecule has 0 amide bonds. The molecule has 0 saturated heterocycles. The summed E-state index contributed by atoms with van der Waals surface area (Å²) in [7, 11) is 0. The van der Waals surface area contributed by atoms with E-state index in [0.29, 0.717) is 15.9 Å². The molecule has 104 valence electrons. The summed E-state index contributed by atoms with van der Waals surface area (Å²) in [5, 5.41) is 2.04. The highest BCUT2D eigenvalue weighted by Gasteiger charge is 2.18. The van der Waals surface area contributed by atoms with Crippen LogP contribution in [0.4, 0.5) is 4.39 Å². The number of hydrogen-bond donors (Lipinski definition) is 0. The van der Waals surface area contributed by atoms with Crippen molar-refractivity contribution >= 4 is 49.9 Å². The van der Waals surface area contributed by atoms with Crippen molar-refractivity contribution in [2.45, 2.75) is 18.8 Å². The number of aromatic nitrogens is 2. The third-order valence-corrected chi connectivity index (χ3v) is 5.16. The SMILES string of the molecule is CC(c1cccs1)n1c(CCl)nc2cc(F)c(Br)cc21. The molecule has 0 saturated carbocycles. The maximum absolute atomic E-state index is 13.6. The van der Waals surface area contributed by atoms with Crippen LogP contribution in [-0.4, -0.2) is 9.55 Å². The van der Waals surface area contributed by atoms with Crippen LogP contribution in [0.15, 0.2) is 34.1 Å². The lowest BCUT2D eigenvalue weighted by Gasteiger charge is -2.15. The van der Waals surface area contributed by atoms with Crippen molar-refractivity contribution in [1.29, 1.82) is 0 Å². The molecule has 0 radical (unpaired) electrons. The van der Waals surface area contributed by atoms with E-state index in [2.05, 4.69) is 38.5 Å². The van der Waals surface area contributed by atoms with Crippen LogP contribution < -0.4 is 0 Å². The highest BCUT2D eigenvalue weighted by atomic mass is 79.9. The summed E-state index contributed by atoms with van der Waals surface area (Å²) in [5.41, 5.74) is 1.51. The molecule has 0 N–H and O–H groups in total. The molecule has 2 nitrogen and oxygen atoms in total. The average molecular weight is 374 g/mol. The predicted molar refractivity (Wildman–Crippen MR) is 85.1 cm³/mol. The smallest absolute Gasteiger partial charge is 0.139 e. The number of rotatable bonds is 3. The first-order valence-corrected chi connectivity index (χ1v) is 8.27. The Bertz CT molecular complexity index is 754. The molecule has 1 aromatic carbocycles. The van der Waals surface area contributed by atoms with Gasteiger partial charge in [0.15, 0.2) is 0 Å². The number of thiophene rings is 1. The highest BCUT2D eigenvalue weighted by molar-refractivity contribution is 9.10. The lowest BCUT2D eigenvalue weighted by molar-refractivity contribution is 0.621. The monoisotopic (exact) mass is 372 g/mol. The normalized spacial score (nSPS) is 13.0. The Balaban J connectivity index is 2.25. The van der Waals surface area contributed by atoms with Crippen LogP contribution in [-0.2, 0) is 5.88 Å². The molecule has 2 heterocycles. The summed E-state index contributed by atoms with van der Waals surface area (Å²) in [5.74, 6) is 0.732. The van der Waals surface area contributed by atoms with E-state index in [1.807, 2.05) is 11.4 Å². The molecule has 3 rings (SSSR count). The topological polar surface area (TPSA) is 17.8 Å².